The number of halogens is 3. The maximum atomic E-state index is 12.1. The molecule has 3 aromatic rings. The molecule has 0 bridgehead atoms. The van der Waals surface area contributed by atoms with E-state index in [0.717, 1.165) is 66.1 Å². The number of para-hydroxylation sites is 1. The van der Waals surface area contributed by atoms with Crippen molar-refractivity contribution in [3.63, 3.8) is 0 Å². The number of hydrogen-bond donors (Lipinski definition) is 3. The molecule has 3 N–H and O–H groups in total. The summed E-state index contributed by atoms with van der Waals surface area (Å²) in [7, 11) is 0. The molecule has 216 valence electrons. The Hall–Kier alpha value is -4.16. The summed E-state index contributed by atoms with van der Waals surface area (Å²) in [6.45, 7) is 3.88. The molecule has 0 radical (unpaired) electrons. The molecule has 0 aliphatic carbocycles. The van der Waals surface area contributed by atoms with Gasteiger partial charge in [0.25, 0.3) is 5.91 Å². The smallest absolute Gasteiger partial charge is 0.475 e. The average molecular weight is 571 g/mol. The van der Waals surface area contributed by atoms with Crippen molar-refractivity contribution in [2.75, 3.05) is 37.7 Å². The first-order valence-electron chi connectivity index (χ1n) is 13.2. The lowest BCUT2D eigenvalue weighted by atomic mass is 10.0. The van der Waals surface area contributed by atoms with E-state index < -0.39 is 12.1 Å². The molecule has 3 aliphatic heterocycles. The Bertz CT molecular complexity index is 1440. The maximum Gasteiger partial charge on any atom is 0.490 e. The van der Waals surface area contributed by atoms with E-state index >= 15 is 0 Å². The number of hydrogen-bond acceptors (Lipinski definition) is 6. The number of pyridine rings is 1. The molecular weight excluding hydrogens is 541 g/mol. The zero-order chi connectivity index (χ0) is 29.0. The van der Waals surface area contributed by atoms with E-state index in [9.17, 15) is 18.0 Å². The summed E-state index contributed by atoms with van der Waals surface area (Å²) < 4.78 is 43.5. The van der Waals surface area contributed by atoms with Gasteiger partial charge >= 0.3 is 12.1 Å². The van der Waals surface area contributed by atoms with Crippen molar-refractivity contribution in [3.8, 4) is 11.3 Å². The molecule has 9 nitrogen and oxygen atoms in total. The number of benzene rings is 1. The second kappa shape index (κ2) is 11.8. The molecule has 5 heterocycles. The normalized spacial score (nSPS) is 18.1. The topological polar surface area (TPSA) is 117 Å². The number of carboxylic acid groups (broad SMARTS) is 1. The van der Waals surface area contributed by atoms with Crippen LogP contribution >= 0.6 is 0 Å². The van der Waals surface area contributed by atoms with Crippen molar-refractivity contribution in [2.24, 2.45) is 0 Å². The summed E-state index contributed by atoms with van der Waals surface area (Å²) in [6, 6.07) is 14.4. The molecule has 2 saturated heterocycles. The lowest BCUT2D eigenvalue weighted by Gasteiger charge is -2.39. The van der Waals surface area contributed by atoms with Crippen LogP contribution in [0.2, 0.25) is 0 Å². The van der Waals surface area contributed by atoms with Crippen LogP contribution in [-0.4, -0.2) is 71.8 Å². The predicted octanol–water partition coefficient (Wildman–Crippen LogP) is 4.51. The first-order valence-corrected chi connectivity index (χ1v) is 13.2. The average Bonchev–Trinajstić information content (AvgIpc) is 3.61. The second-order valence-corrected chi connectivity index (χ2v) is 9.84. The van der Waals surface area contributed by atoms with Crippen LogP contribution in [0.5, 0.6) is 0 Å². The molecule has 2 fully saturated rings. The molecule has 0 atom stereocenters. The van der Waals surface area contributed by atoms with Gasteiger partial charge in [-0.05, 0) is 35.9 Å². The number of aromatic nitrogens is 2. The number of alkyl halides is 3. The van der Waals surface area contributed by atoms with Crippen LogP contribution < -0.4 is 10.2 Å². The first-order chi connectivity index (χ1) is 19.6. The van der Waals surface area contributed by atoms with Gasteiger partial charge in [0.15, 0.2) is 5.79 Å². The van der Waals surface area contributed by atoms with Crippen molar-refractivity contribution in [3.05, 3.63) is 71.2 Å². The highest BCUT2D eigenvalue weighted by molar-refractivity contribution is 5.97. The highest BCUT2D eigenvalue weighted by Gasteiger charge is 2.40. The van der Waals surface area contributed by atoms with Gasteiger partial charge in [-0.2, -0.15) is 13.2 Å². The van der Waals surface area contributed by atoms with E-state index in [2.05, 4.69) is 50.5 Å². The van der Waals surface area contributed by atoms with Crippen LogP contribution in [0, 0.1) is 0 Å². The molecule has 0 saturated carbocycles. The van der Waals surface area contributed by atoms with E-state index in [1.807, 2.05) is 30.5 Å². The van der Waals surface area contributed by atoms with Crippen LogP contribution in [0.3, 0.4) is 0 Å². The minimum Gasteiger partial charge on any atom is -0.475 e. The standard InChI is InChI=1S/C27H28N4O3.C2HF3O2/c32-26-22-18-24(30-23(22)8-12-29-26)20-7-11-28-21(17-20)6-5-19-3-1-2-4-25(19)31-13-9-27(10-14-31)33-15-16-34-27;3-2(4,5)1(6)7/h1-7,11,17-18,30H,8-10,12-16H2,(H,29,32);(H,6,7). The van der Waals surface area contributed by atoms with Crippen molar-refractivity contribution < 1.29 is 37.3 Å². The molecule has 1 spiro atoms. The molecule has 6 rings (SSSR count). The number of carboxylic acids is 1. The highest BCUT2D eigenvalue weighted by Crippen LogP contribution is 2.34. The quantitative estimate of drug-likeness (QED) is 0.423. The maximum absolute atomic E-state index is 12.1. The number of aliphatic carboxylic acids is 1. The fourth-order valence-corrected chi connectivity index (χ4v) is 5.12. The minimum absolute atomic E-state index is 0.00998. The van der Waals surface area contributed by atoms with Crippen LogP contribution in [0.25, 0.3) is 23.4 Å². The summed E-state index contributed by atoms with van der Waals surface area (Å²) in [5.41, 5.74) is 6.94. The highest BCUT2D eigenvalue weighted by atomic mass is 19.4. The Morgan fingerprint density at radius 2 is 1.78 bits per heavy atom. The fraction of sp³-hybridized carbons (Fsp3) is 0.345. The monoisotopic (exact) mass is 570 g/mol. The molecule has 41 heavy (non-hydrogen) atoms. The number of aromatic amines is 1. The molecule has 1 aromatic carbocycles. The molecule has 12 heteroatoms. The zero-order valence-corrected chi connectivity index (χ0v) is 22.0. The van der Waals surface area contributed by atoms with E-state index in [1.165, 1.54) is 5.69 Å². The summed E-state index contributed by atoms with van der Waals surface area (Å²) >= 11 is 0. The van der Waals surface area contributed by atoms with E-state index in [0.29, 0.717) is 19.8 Å². The van der Waals surface area contributed by atoms with Gasteiger partial charge in [-0.15, -0.1) is 0 Å². The SMILES string of the molecule is O=C(O)C(F)(F)F.O=C1NCCc2[nH]c(-c3ccnc(C=Cc4ccccc4N4CCC5(CC4)OCCO5)c3)cc21. The molecule has 2 aromatic heterocycles. The first kappa shape index (κ1) is 28.4. The largest absolute Gasteiger partial charge is 0.490 e. The third kappa shape index (κ3) is 6.60. The van der Waals surface area contributed by atoms with Crippen LogP contribution in [0.4, 0.5) is 18.9 Å². The van der Waals surface area contributed by atoms with Crippen LogP contribution in [0.15, 0.2) is 48.7 Å². The molecule has 3 aliphatic rings. The Morgan fingerprint density at radius 1 is 1.07 bits per heavy atom. The number of ether oxygens (including phenoxy) is 2. The Morgan fingerprint density at radius 3 is 2.46 bits per heavy atom. The van der Waals surface area contributed by atoms with Gasteiger partial charge in [-0.1, -0.05) is 24.3 Å². The summed E-state index contributed by atoms with van der Waals surface area (Å²) in [5, 5.41) is 10.0. The predicted molar refractivity (Wildman–Crippen MR) is 145 cm³/mol. The lowest BCUT2D eigenvalue weighted by molar-refractivity contribution is -0.192. The number of amides is 1. The number of H-pyrrole nitrogens is 1. The zero-order valence-electron chi connectivity index (χ0n) is 22.0. The van der Waals surface area contributed by atoms with Gasteiger partial charge in [0.2, 0.25) is 0 Å². The van der Waals surface area contributed by atoms with Gasteiger partial charge < -0.3 is 29.8 Å². The Kier molecular flexibility index (Phi) is 8.13. The third-order valence-corrected chi connectivity index (χ3v) is 7.19. The van der Waals surface area contributed by atoms with Gasteiger partial charge in [0, 0.05) is 67.7 Å². The number of rotatable bonds is 4. The molecule has 1 amide bonds. The Balaban J connectivity index is 0.000000431. The number of piperidine rings is 1. The third-order valence-electron chi connectivity index (χ3n) is 7.19. The number of nitrogens with one attached hydrogen (secondary N) is 2. The van der Waals surface area contributed by atoms with Crippen LogP contribution in [-0.2, 0) is 20.7 Å². The number of fused-ring (bicyclic) bond motifs is 1. The van der Waals surface area contributed by atoms with E-state index in [1.54, 1.807) is 0 Å². The summed E-state index contributed by atoms with van der Waals surface area (Å²) in [5.74, 6) is -3.14. The number of anilines is 1. The van der Waals surface area contributed by atoms with Crippen molar-refractivity contribution in [1.82, 2.24) is 15.3 Å². The second-order valence-electron chi connectivity index (χ2n) is 9.84. The fourth-order valence-electron chi connectivity index (χ4n) is 5.12. The Labute approximate surface area is 234 Å². The summed E-state index contributed by atoms with van der Waals surface area (Å²) in [6.07, 6.45) is 3.49. The number of carbonyl (C=O) groups is 2. The van der Waals surface area contributed by atoms with Gasteiger partial charge in [-0.3, -0.25) is 9.78 Å². The lowest BCUT2D eigenvalue weighted by Crippen LogP contribution is -2.45. The molecular formula is C29H29F3N4O5. The van der Waals surface area contributed by atoms with Gasteiger partial charge in [-0.25, -0.2) is 4.79 Å². The van der Waals surface area contributed by atoms with Crippen molar-refractivity contribution in [2.45, 2.75) is 31.2 Å². The van der Waals surface area contributed by atoms with Gasteiger partial charge in [0.1, 0.15) is 0 Å². The summed E-state index contributed by atoms with van der Waals surface area (Å²) in [4.78, 5) is 31.4. The van der Waals surface area contributed by atoms with Crippen molar-refractivity contribution >= 4 is 29.7 Å². The van der Waals surface area contributed by atoms with Crippen LogP contribution in [0.1, 0.15) is 40.2 Å². The number of carbonyl (C=O) groups excluding carboxylic acids is 1. The minimum atomic E-state index is -5.08. The van der Waals surface area contributed by atoms with E-state index in [4.69, 9.17) is 19.4 Å². The van der Waals surface area contributed by atoms with Crippen molar-refractivity contribution in [1.29, 1.82) is 0 Å². The molecule has 0 unspecified atom stereocenters. The number of nitrogens with zero attached hydrogens (tertiary/aromatic N) is 2. The van der Waals surface area contributed by atoms with Gasteiger partial charge in [0.05, 0.1) is 24.5 Å². The van der Waals surface area contributed by atoms with E-state index in [-0.39, 0.29) is 11.7 Å².